The van der Waals surface area contributed by atoms with Crippen molar-refractivity contribution in [3.8, 4) is 11.5 Å². The maximum Gasteiger partial charge on any atom is 0.253 e. The number of anilines is 1. The molecule has 0 saturated carbocycles. The Bertz CT molecular complexity index is 1180. The second-order valence-corrected chi connectivity index (χ2v) is 8.33. The van der Waals surface area contributed by atoms with E-state index in [2.05, 4.69) is 15.2 Å². The summed E-state index contributed by atoms with van der Waals surface area (Å²) in [7, 11) is 4.03. The molecule has 0 bridgehead atoms. The van der Waals surface area contributed by atoms with Gasteiger partial charge in [-0.05, 0) is 63.1 Å². The number of pyridine rings is 1. The Balaban J connectivity index is 1.60. The molecule has 1 aromatic heterocycles. The molecule has 0 aliphatic carbocycles. The number of rotatable bonds is 6. The molecule has 162 valence electrons. The van der Waals surface area contributed by atoms with Crippen LogP contribution in [0, 0.1) is 6.92 Å². The van der Waals surface area contributed by atoms with E-state index in [9.17, 15) is 4.79 Å². The Morgan fingerprint density at radius 2 is 1.90 bits per heavy atom. The van der Waals surface area contributed by atoms with Gasteiger partial charge in [-0.15, -0.1) is 0 Å². The number of fused-ring (bicyclic) bond motifs is 2. The number of benzene rings is 2. The van der Waals surface area contributed by atoms with Crippen molar-refractivity contribution in [2.24, 2.45) is 0 Å². The summed E-state index contributed by atoms with van der Waals surface area (Å²) < 4.78 is 10.9. The van der Waals surface area contributed by atoms with Gasteiger partial charge >= 0.3 is 0 Å². The highest BCUT2D eigenvalue weighted by Gasteiger charge is 2.17. The quantitative estimate of drug-likeness (QED) is 0.572. The molecule has 4 rings (SSSR count). The maximum absolute atomic E-state index is 12.8. The van der Waals surface area contributed by atoms with Gasteiger partial charge in [0.2, 0.25) is 6.79 Å². The minimum Gasteiger partial charge on any atom is -0.454 e. The van der Waals surface area contributed by atoms with Crippen LogP contribution < -0.4 is 20.3 Å². The lowest BCUT2D eigenvalue weighted by molar-refractivity contribution is 0.174. The molecule has 0 unspecified atom stereocenters. The van der Waals surface area contributed by atoms with Gasteiger partial charge in [-0.1, -0.05) is 12.1 Å². The first-order valence-corrected chi connectivity index (χ1v) is 10.5. The molecule has 2 aromatic carbocycles. The van der Waals surface area contributed by atoms with Gasteiger partial charge in [0.25, 0.3) is 5.56 Å². The highest BCUT2D eigenvalue weighted by Crippen LogP contribution is 2.35. The SMILES string of the molecule is Cc1cccc(NC(=S)N(CCN(C)C)Cc2cc3cc4c(cc3[nH]c2=O)OCO4)c1. The molecule has 0 atom stereocenters. The Kier molecular flexibility index (Phi) is 6.11. The van der Waals surface area contributed by atoms with Gasteiger partial charge in [-0.3, -0.25) is 4.79 Å². The summed E-state index contributed by atoms with van der Waals surface area (Å²) in [6.07, 6.45) is 0. The lowest BCUT2D eigenvalue weighted by Gasteiger charge is -2.27. The fraction of sp³-hybridized carbons (Fsp3) is 0.304. The molecular formula is C23H26N4O3S. The average Bonchev–Trinajstić information content (AvgIpc) is 3.16. The number of thiocarbonyl (C=S) groups is 1. The summed E-state index contributed by atoms with van der Waals surface area (Å²) >= 11 is 5.70. The molecule has 0 amide bonds. The first-order valence-electron chi connectivity index (χ1n) is 10.1. The third-order valence-electron chi connectivity index (χ3n) is 5.15. The van der Waals surface area contributed by atoms with E-state index in [1.807, 2.05) is 62.3 Å². The number of aromatic nitrogens is 1. The van der Waals surface area contributed by atoms with Gasteiger partial charge in [-0.2, -0.15) is 0 Å². The standard InChI is InChI=1S/C23H26N4O3S/c1-15-5-4-6-18(9-15)24-23(31)27(8-7-26(2)3)13-17-10-16-11-20-21(30-14-29-20)12-19(16)25-22(17)28/h4-6,9-12H,7-8,13-14H2,1-3H3,(H,24,31)(H,25,28). The van der Waals surface area contributed by atoms with Crippen molar-refractivity contribution in [1.82, 2.24) is 14.8 Å². The van der Waals surface area contributed by atoms with Crippen LogP contribution in [0.25, 0.3) is 10.9 Å². The van der Waals surface area contributed by atoms with Crippen LogP contribution in [0.1, 0.15) is 11.1 Å². The fourth-order valence-electron chi connectivity index (χ4n) is 3.46. The van der Waals surface area contributed by atoms with E-state index in [0.29, 0.717) is 35.3 Å². The molecule has 8 heteroatoms. The van der Waals surface area contributed by atoms with Crippen LogP contribution in [0.2, 0.25) is 0 Å². The summed E-state index contributed by atoms with van der Waals surface area (Å²) in [6.45, 7) is 4.12. The van der Waals surface area contributed by atoms with Crippen LogP contribution in [0.15, 0.2) is 47.3 Å². The van der Waals surface area contributed by atoms with Crippen molar-refractivity contribution in [2.75, 3.05) is 39.3 Å². The zero-order valence-corrected chi connectivity index (χ0v) is 18.7. The van der Waals surface area contributed by atoms with Crippen molar-refractivity contribution < 1.29 is 9.47 Å². The summed E-state index contributed by atoms with van der Waals surface area (Å²) in [6, 6.07) is 13.6. The number of hydrogen-bond donors (Lipinski definition) is 2. The van der Waals surface area contributed by atoms with Crippen molar-refractivity contribution in [2.45, 2.75) is 13.5 Å². The fourth-order valence-corrected chi connectivity index (χ4v) is 3.74. The first kappa shape index (κ1) is 21.1. The van der Waals surface area contributed by atoms with E-state index < -0.39 is 0 Å². The van der Waals surface area contributed by atoms with Gasteiger partial charge in [0.15, 0.2) is 16.6 Å². The number of H-pyrrole nitrogens is 1. The van der Waals surface area contributed by atoms with Crippen LogP contribution in [0.3, 0.4) is 0 Å². The van der Waals surface area contributed by atoms with Crippen LogP contribution >= 0.6 is 12.2 Å². The summed E-state index contributed by atoms with van der Waals surface area (Å²) in [5.74, 6) is 1.33. The molecule has 1 aliphatic rings. The number of likely N-dealkylation sites (N-methyl/N-ethyl adjacent to an activating group) is 1. The van der Waals surface area contributed by atoms with Gasteiger partial charge < -0.3 is 29.6 Å². The average molecular weight is 439 g/mol. The number of ether oxygens (including phenoxy) is 2. The van der Waals surface area contributed by atoms with Gasteiger partial charge in [0, 0.05) is 35.8 Å². The van der Waals surface area contributed by atoms with E-state index in [1.165, 1.54) is 0 Å². The molecule has 2 N–H and O–H groups in total. The molecule has 0 fully saturated rings. The lowest BCUT2D eigenvalue weighted by Crippen LogP contribution is -2.40. The summed E-state index contributed by atoms with van der Waals surface area (Å²) in [4.78, 5) is 19.9. The van der Waals surface area contributed by atoms with E-state index in [-0.39, 0.29) is 12.4 Å². The smallest absolute Gasteiger partial charge is 0.253 e. The van der Waals surface area contributed by atoms with Crippen LogP contribution in [-0.4, -0.2) is 53.9 Å². The topological polar surface area (TPSA) is 69.8 Å². The van der Waals surface area contributed by atoms with Crippen molar-refractivity contribution in [1.29, 1.82) is 0 Å². The Morgan fingerprint density at radius 1 is 1.13 bits per heavy atom. The largest absolute Gasteiger partial charge is 0.454 e. The second-order valence-electron chi connectivity index (χ2n) is 7.94. The van der Waals surface area contributed by atoms with E-state index in [0.717, 1.165) is 28.7 Å². The molecule has 0 saturated heterocycles. The predicted molar refractivity (Wildman–Crippen MR) is 127 cm³/mol. The lowest BCUT2D eigenvalue weighted by atomic mass is 10.1. The van der Waals surface area contributed by atoms with Gasteiger partial charge in [-0.25, -0.2) is 0 Å². The molecule has 2 heterocycles. The number of nitrogens with zero attached hydrogens (tertiary/aromatic N) is 2. The highest BCUT2D eigenvalue weighted by atomic mass is 32.1. The minimum atomic E-state index is -0.139. The van der Waals surface area contributed by atoms with Crippen LogP contribution in [-0.2, 0) is 6.54 Å². The van der Waals surface area contributed by atoms with Gasteiger partial charge in [0.05, 0.1) is 12.1 Å². The zero-order chi connectivity index (χ0) is 22.0. The molecule has 31 heavy (non-hydrogen) atoms. The Hall–Kier alpha value is -3.10. The molecule has 7 nitrogen and oxygen atoms in total. The van der Waals surface area contributed by atoms with Gasteiger partial charge in [0.1, 0.15) is 0 Å². The first-order chi connectivity index (χ1) is 14.9. The molecule has 1 aliphatic heterocycles. The number of aromatic amines is 1. The maximum atomic E-state index is 12.8. The normalized spacial score (nSPS) is 12.4. The predicted octanol–water partition coefficient (Wildman–Crippen LogP) is 3.33. The number of aryl methyl sites for hydroxylation is 1. The van der Waals surface area contributed by atoms with Crippen LogP contribution in [0.4, 0.5) is 5.69 Å². The van der Waals surface area contributed by atoms with Crippen molar-refractivity contribution in [3.63, 3.8) is 0 Å². The summed E-state index contributed by atoms with van der Waals surface area (Å²) in [5.41, 5.74) is 3.30. The number of nitrogens with one attached hydrogen (secondary N) is 2. The Morgan fingerprint density at radius 3 is 2.65 bits per heavy atom. The molecule has 3 aromatic rings. The van der Waals surface area contributed by atoms with E-state index in [4.69, 9.17) is 21.7 Å². The van der Waals surface area contributed by atoms with Crippen LogP contribution in [0.5, 0.6) is 11.5 Å². The Labute approximate surface area is 186 Å². The molecule has 0 spiro atoms. The monoisotopic (exact) mass is 438 g/mol. The zero-order valence-electron chi connectivity index (χ0n) is 17.9. The highest BCUT2D eigenvalue weighted by molar-refractivity contribution is 7.80. The third kappa shape index (κ3) is 4.98. The molecule has 0 radical (unpaired) electrons. The van der Waals surface area contributed by atoms with Crippen molar-refractivity contribution in [3.05, 3.63) is 63.9 Å². The molecular weight excluding hydrogens is 412 g/mol. The van der Waals surface area contributed by atoms with E-state index in [1.54, 1.807) is 6.07 Å². The third-order valence-corrected chi connectivity index (χ3v) is 5.51. The minimum absolute atomic E-state index is 0.139. The van der Waals surface area contributed by atoms with E-state index >= 15 is 0 Å². The number of hydrogen-bond acceptors (Lipinski definition) is 5. The summed E-state index contributed by atoms with van der Waals surface area (Å²) in [5, 5.41) is 4.78. The second kappa shape index (κ2) is 8.95. The van der Waals surface area contributed by atoms with Crippen molar-refractivity contribution >= 4 is 33.9 Å².